The molecule has 0 spiro atoms. The first-order chi connectivity index (χ1) is 35.5. The quantitative estimate of drug-likeness (QED) is 0.147. The van der Waals surface area contributed by atoms with Gasteiger partial charge in [-0.15, -0.1) is 0 Å². The van der Waals surface area contributed by atoms with Crippen molar-refractivity contribution < 1.29 is 0 Å². The SMILES string of the molecule is CC1(C)c2ccccc2-c2ccc(N(c3ccccc3)c3ccc4c(c3)C(c3ccccc3)(c3ccccc3)c3cc5c(cc3-4)C(c3ccccc3)(c3ccccc3)c3cccc(-c4ccccc4)c3-5)cc21. The Kier molecular flexibility index (Phi) is 9.44. The van der Waals surface area contributed by atoms with E-state index in [2.05, 4.69) is 292 Å². The molecule has 11 aromatic rings. The van der Waals surface area contributed by atoms with Gasteiger partial charge < -0.3 is 4.90 Å². The summed E-state index contributed by atoms with van der Waals surface area (Å²) in [7, 11) is 0. The van der Waals surface area contributed by atoms with Crippen LogP contribution in [-0.4, -0.2) is 0 Å². The van der Waals surface area contributed by atoms with Crippen LogP contribution in [0.3, 0.4) is 0 Å². The van der Waals surface area contributed by atoms with Crippen molar-refractivity contribution in [2.45, 2.75) is 30.1 Å². The van der Waals surface area contributed by atoms with Crippen LogP contribution < -0.4 is 4.90 Å². The molecule has 0 amide bonds. The molecule has 72 heavy (non-hydrogen) atoms. The fourth-order valence-electron chi connectivity index (χ4n) is 13.4. The Bertz CT molecular complexity index is 3780. The molecule has 0 heterocycles. The van der Waals surface area contributed by atoms with E-state index >= 15 is 0 Å². The zero-order chi connectivity index (χ0) is 48.0. The molecule has 0 saturated carbocycles. The first-order valence-corrected chi connectivity index (χ1v) is 25.3. The first-order valence-electron chi connectivity index (χ1n) is 25.3. The summed E-state index contributed by atoms with van der Waals surface area (Å²) in [5.41, 5.74) is 25.0. The minimum Gasteiger partial charge on any atom is -0.310 e. The summed E-state index contributed by atoms with van der Waals surface area (Å²) in [6.07, 6.45) is 0. The van der Waals surface area contributed by atoms with E-state index in [9.17, 15) is 0 Å². The predicted molar refractivity (Wildman–Crippen MR) is 299 cm³/mol. The molecule has 0 radical (unpaired) electrons. The van der Waals surface area contributed by atoms with E-state index in [0.29, 0.717) is 0 Å². The molecule has 0 bridgehead atoms. The molecule has 0 aromatic heterocycles. The highest BCUT2D eigenvalue weighted by Gasteiger charge is 2.52. The van der Waals surface area contributed by atoms with Crippen molar-refractivity contribution in [1.82, 2.24) is 0 Å². The lowest BCUT2D eigenvalue weighted by molar-refractivity contribution is 0.660. The maximum absolute atomic E-state index is 2.61. The Balaban J connectivity index is 1.08. The van der Waals surface area contributed by atoms with Crippen LogP contribution in [0.1, 0.15) is 69.5 Å². The van der Waals surface area contributed by atoms with Gasteiger partial charge >= 0.3 is 0 Å². The van der Waals surface area contributed by atoms with Gasteiger partial charge in [-0.1, -0.05) is 238 Å². The van der Waals surface area contributed by atoms with Gasteiger partial charge in [-0.25, -0.2) is 0 Å². The summed E-state index contributed by atoms with van der Waals surface area (Å²) in [5.74, 6) is 0. The summed E-state index contributed by atoms with van der Waals surface area (Å²) < 4.78 is 0. The van der Waals surface area contributed by atoms with Crippen LogP contribution in [0, 0.1) is 0 Å². The van der Waals surface area contributed by atoms with Crippen molar-refractivity contribution in [2.75, 3.05) is 4.90 Å². The van der Waals surface area contributed by atoms with E-state index in [-0.39, 0.29) is 5.41 Å². The normalized spacial score (nSPS) is 14.6. The third-order valence-electron chi connectivity index (χ3n) is 16.4. The third kappa shape index (κ3) is 5.89. The van der Waals surface area contributed by atoms with E-state index in [1.807, 2.05) is 0 Å². The van der Waals surface area contributed by atoms with Gasteiger partial charge in [0.15, 0.2) is 0 Å². The highest BCUT2D eigenvalue weighted by atomic mass is 15.1. The summed E-state index contributed by atoms with van der Waals surface area (Å²) in [5, 5.41) is 0. The Hall–Kier alpha value is -8.78. The van der Waals surface area contributed by atoms with Crippen LogP contribution in [0.5, 0.6) is 0 Å². The van der Waals surface area contributed by atoms with E-state index in [1.165, 1.54) is 100 Å². The smallest absolute Gasteiger partial charge is 0.0714 e. The van der Waals surface area contributed by atoms with Gasteiger partial charge in [0.1, 0.15) is 0 Å². The standard InChI is InChI=1S/C71H51N/c1-69(2)62-38-22-21-36-57(62)58-42-40-54(44-64(58)69)72(53-34-19-8-20-35-53)55-41-43-59-60-46-67-61(47-66(60)71(65(59)45-55,51-30-15-6-16-31-51)52-32-17-7-18-33-52)68-56(48-24-9-3-10-25-48)37-23-39-63(68)70(67,49-26-11-4-12-27-49)50-28-13-5-14-29-50/h3-47H,1-2H3. The monoisotopic (exact) mass is 917 g/mol. The summed E-state index contributed by atoms with van der Waals surface area (Å²) in [6, 6.07) is 103. The maximum atomic E-state index is 2.61. The lowest BCUT2D eigenvalue weighted by Crippen LogP contribution is -2.30. The third-order valence-corrected chi connectivity index (χ3v) is 16.4. The van der Waals surface area contributed by atoms with Gasteiger partial charge in [-0.05, 0) is 149 Å². The Labute approximate surface area is 423 Å². The number of nitrogens with zero attached hydrogens (tertiary/aromatic N) is 1. The molecule has 0 aliphatic heterocycles. The number of rotatable bonds is 8. The highest BCUT2D eigenvalue weighted by Crippen LogP contribution is 2.64. The molecular weight excluding hydrogens is 867 g/mol. The molecule has 340 valence electrons. The molecule has 3 aliphatic rings. The highest BCUT2D eigenvalue weighted by molar-refractivity contribution is 6.00. The first kappa shape index (κ1) is 42.1. The van der Waals surface area contributed by atoms with Gasteiger partial charge in [0, 0.05) is 22.5 Å². The van der Waals surface area contributed by atoms with Crippen LogP contribution in [0.2, 0.25) is 0 Å². The predicted octanol–water partition coefficient (Wildman–Crippen LogP) is 17.9. The second kappa shape index (κ2) is 16.1. The van der Waals surface area contributed by atoms with Crippen LogP contribution in [0.25, 0.3) is 44.5 Å². The van der Waals surface area contributed by atoms with Crippen molar-refractivity contribution in [3.05, 3.63) is 329 Å². The average molecular weight is 918 g/mol. The van der Waals surface area contributed by atoms with Crippen LogP contribution in [0.15, 0.2) is 273 Å². The minimum absolute atomic E-state index is 0.145. The van der Waals surface area contributed by atoms with E-state index < -0.39 is 10.8 Å². The van der Waals surface area contributed by atoms with Crippen molar-refractivity contribution in [3.63, 3.8) is 0 Å². The van der Waals surface area contributed by atoms with Gasteiger partial charge in [0.25, 0.3) is 0 Å². The van der Waals surface area contributed by atoms with Crippen molar-refractivity contribution in [1.29, 1.82) is 0 Å². The number of anilines is 3. The Morgan fingerprint density at radius 2 is 0.639 bits per heavy atom. The van der Waals surface area contributed by atoms with Gasteiger partial charge in [-0.2, -0.15) is 0 Å². The second-order valence-electron chi connectivity index (χ2n) is 20.3. The molecule has 11 aromatic carbocycles. The van der Waals surface area contributed by atoms with E-state index in [1.54, 1.807) is 0 Å². The van der Waals surface area contributed by atoms with E-state index in [0.717, 1.165) is 17.1 Å². The molecule has 0 atom stereocenters. The molecule has 3 aliphatic carbocycles. The number of para-hydroxylation sites is 1. The van der Waals surface area contributed by atoms with Crippen LogP contribution in [-0.2, 0) is 16.2 Å². The van der Waals surface area contributed by atoms with E-state index in [4.69, 9.17) is 0 Å². The van der Waals surface area contributed by atoms with Crippen molar-refractivity contribution in [2.24, 2.45) is 0 Å². The minimum atomic E-state index is -0.672. The maximum Gasteiger partial charge on any atom is 0.0714 e. The number of hydrogen-bond donors (Lipinski definition) is 0. The Morgan fingerprint density at radius 3 is 1.21 bits per heavy atom. The van der Waals surface area contributed by atoms with Crippen molar-refractivity contribution in [3.8, 4) is 44.5 Å². The second-order valence-corrected chi connectivity index (χ2v) is 20.3. The lowest BCUT2D eigenvalue weighted by Gasteiger charge is -2.36. The number of fused-ring (bicyclic) bond motifs is 9. The zero-order valence-corrected chi connectivity index (χ0v) is 40.4. The summed E-state index contributed by atoms with van der Waals surface area (Å²) >= 11 is 0. The van der Waals surface area contributed by atoms with Crippen LogP contribution in [0.4, 0.5) is 17.1 Å². The average Bonchev–Trinajstić information content (AvgIpc) is 4.00. The molecule has 0 N–H and O–H groups in total. The van der Waals surface area contributed by atoms with Crippen LogP contribution >= 0.6 is 0 Å². The van der Waals surface area contributed by atoms with Gasteiger partial charge in [-0.3, -0.25) is 0 Å². The molecular formula is C71H51N. The molecule has 14 rings (SSSR count). The van der Waals surface area contributed by atoms with Gasteiger partial charge in [0.05, 0.1) is 10.8 Å². The Morgan fingerprint density at radius 1 is 0.250 bits per heavy atom. The number of hydrogen-bond acceptors (Lipinski definition) is 1. The molecule has 0 fully saturated rings. The topological polar surface area (TPSA) is 3.24 Å². The fourth-order valence-corrected chi connectivity index (χ4v) is 13.4. The molecule has 0 unspecified atom stereocenters. The lowest BCUT2D eigenvalue weighted by atomic mass is 9.66. The fraction of sp³-hybridized carbons (Fsp3) is 0.0704. The zero-order valence-electron chi connectivity index (χ0n) is 40.4. The summed E-state index contributed by atoms with van der Waals surface area (Å²) in [4.78, 5) is 2.47. The summed E-state index contributed by atoms with van der Waals surface area (Å²) in [6.45, 7) is 4.75. The molecule has 1 nitrogen and oxygen atoms in total. The largest absolute Gasteiger partial charge is 0.310 e. The van der Waals surface area contributed by atoms with Gasteiger partial charge in [0.2, 0.25) is 0 Å². The number of benzene rings is 11. The van der Waals surface area contributed by atoms with Crippen molar-refractivity contribution >= 4 is 17.1 Å². The molecule has 1 heteroatoms. The molecule has 0 saturated heterocycles.